The Kier molecular flexibility index (Phi) is 8.61. The molecule has 3 aromatic rings. The average Bonchev–Trinajstić information content (AvgIpc) is 2.74. The summed E-state index contributed by atoms with van der Waals surface area (Å²) in [6.45, 7) is 5.74. The second-order valence-electron chi connectivity index (χ2n) is 8.92. The van der Waals surface area contributed by atoms with Crippen molar-refractivity contribution in [1.82, 2.24) is 4.98 Å². The van der Waals surface area contributed by atoms with Gasteiger partial charge in [0.15, 0.2) is 5.78 Å². The SMILES string of the molecule is CC(=O)C=C(O)CCCCCCCCc1cccc2c(-c3cc(C)cc(C)c3)nccc12. The number of benzene rings is 2. The van der Waals surface area contributed by atoms with Crippen molar-refractivity contribution in [2.75, 3.05) is 0 Å². The Morgan fingerprint density at radius 1 is 0.906 bits per heavy atom. The molecule has 1 aromatic heterocycles. The Labute approximate surface area is 192 Å². The van der Waals surface area contributed by atoms with Crippen molar-refractivity contribution in [2.24, 2.45) is 0 Å². The maximum Gasteiger partial charge on any atom is 0.155 e. The van der Waals surface area contributed by atoms with Gasteiger partial charge in [-0.3, -0.25) is 9.78 Å². The van der Waals surface area contributed by atoms with E-state index in [1.165, 1.54) is 71.7 Å². The largest absolute Gasteiger partial charge is 0.512 e. The van der Waals surface area contributed by atoms with E-state index < -0.39 is 0 Å². The zero-order valence-corrected chi connectivity index (χ0v) is 19.7. The minimum Gasteiger partial charge on any atom is -0.512 e. The van der Waals surface area contributed by atoms with Crippen LogP contribution in [-0.4, -0.2) is 15.9 Å². The van der Waals surface area contributed by atoms with Gasteiger partial charge in [0.1, 0.15) is 0 Å². The molecule has 0 amide bonds. The number of nitrogens with zero attached hydrogens (tertiary/aromatic N) is 1. The summed E-state index contributed by atoms with van der Waals surface area (Å²) in [4.78, 5) is 15.7. The Balaban J connectivity index is 1.54. The van der Waals surface area contributed by atoms with Gasteiger partial charge in [-0.05, 0) is 69.2 Å². The third kappa shape index (κ3) is 6.78. The van der Waals surface area contributed by atoms with Crippen molar-refractivity contribution in [1.29, 1.82) is 0 Å². The summed E-state index contributed by atoms with van der Waals surface area (Å²) in [6, 6.07) is 15.4. The lowest BCUT2D eigenvalue weighted by atomic mass is 9.96. The fourth-order valence-electron chi connectivity index (χ4n) is 4.47. The van der Waals surface area contributed by atoms with Crippen LogP contribution < -0.4 is 0 Å². The second-order valence-corrected chi connectivity index (χ2v) is 8.92. The lowest BCUT2D eigenvalue weighted by molar-refractivity contribution is -0.112. The van der Waals surface area contributed by atoms with Crippen LogP contribution in [0.15, 0.2) is 60.5 Å². The monoisotopic (exact) mass is 429 g/mol. The lowest BCUT2D eigenvalue weighted by Crippen LogP contribution is -1.93. The van der Waals surface area contributed by atoms with Crippen molar-refractivity contribution < 1.29 is 9.90 Å². The van der Waals surface area contributed by atoms with Crippen molar-refractivity contribution >= 4 is 16.6 Å². The summed E-state index contributed by atoms with van der Waals surface area (Å²) < 4.78 is 0. The molecule has 0 saturated carbocycles. The number of pyridine rings is 1. The molecule has 0 radical (unpaired) electrons. The molecule has 0 unspecified atom stereocenters. The van der Waals surface area contributed by atoms with Crippen molar-refractivity contribution in [3.63, 3.8) is 0 Å². The first-order valence-electron chi connectivity index (χ1n) is 11.8. The average molecular weight is 430 g/mol. The maximum atomic E-state index is 10.9. The summed E-state index contributed by atoms with van der Waals surface area (Å²) in [5.41, 5.74) is 6.18. The van der Waals surface area contributed by atoms with E-state index >= 15 is 0 Å². The molecule has 0 spiro atoms. The Bertz CT molecular complexity index is 1080. The maximum absolute atomic E-state index is 10.9. The number of aliphatic hydroxyl groups is 1. The minimum absolute atomic E-state index is 0.0900. The van der Waals surface area contributed by atoms with Gasteiger partial charge >= 0.3 is 0 Å². The van der Waals surface area contributed by atoms with Crippen LogP contribution in [0, 0.1) is 13.8 Å². The van der Waals surface area contributed by atoms with E-state index in [-0.39, 0.29) is 11.5 Å². The van der Waals surface area contributed by atoms with Crippen molar-refractivity contribution in [3.05, 3.63) is 77.2 Å². The van der Waals surface area contributed by atoms with Crippen LogP contribution in [0.25, 0.3) is 22.0 Å². The van der Waals surface area contributed by atoms with Crippen LogP contribution in [0.4, 0.5) is 0 Å². The number of ketones is 1. The standard InChI is InChI=1S/C29H35NO2/c1-21-17-22(2)19-25(18-21)29-28-14-10-12-24(27(28)15-16-30-29)11-8-6-4-5-7-9-13-26(32)20-23(3)31/h10,12,14-20,32H,4-9,11,13H2,1-3H3. The molecule has 0 aliphatic rings. The number of carbonyl (C=O) groups excluding carboxylic acids is 1. The van der Waals surface area contributed by atoms with Gasteiger partial charge in [-0.15, -0.1) is 0 Å². The number of carbonyl (C=O) groups is 1. The molecule has 3 nitrogen and oxygen atoms in total. The Hall–Kier alpha value is -2.94. The molecule has 0 aliphatic carbocycles. The summed E-state index contributed by atoms with van der Waals surface area (Å²) in [6.07, 6.45) is 11.7. The molecule has 2 aromatic carbocycles. The van der Waals surface area contributed by atoms with Gasteiger partial charge in [0.2, 0.25) is 0 Å². The smallest absolute Gasteiger partial charge is 0.155 e. The van der Waals surface area contributed by atoms with E-state index in [1.54, 1.807) is 0 Å². The highest BCUT2D eigenvalue weighted by Gasteiger charge is 2.09. The third-order valence-corrected chi connectivity index (χ3v) is 5.89. The first kappa shape index (κ1) is 23.7. The van der Waals surface area contributed by atoms with Gasteiger partial charge < -0.3 is 5.11 Å². The van der Waals surface area contributed by atoms with E-state index in [4.69, 9.17) is 4.98 Å². The highest BCUT2D eigenvalue weighted by molar-refractivity contribution is 5.96. The fraction of sp³-hybridized carbons (Fsp3) is 0.379. The Morgan fingerprint density at radius 2 is 1.59 bits per heavy atom. The summed E-state index contributed by atoms with van der Waals surface area (Å²) in [5, 5.41) is 12.2. The van der Waals surface area contributed by atoms with E-state index in [9.17, 15) is 9.90 Å². The number of fused-ring (bicyclic) bond motifs is 1. The molecule has 0 atom stereocenters. The van der Waals surface area contributed by atoms with E-state index in [2.05, 4.69) is 56.3 Å². The van der Waals surface area contributed by atoms with Crippen molar-refractivity contribution in [2.45, 2.75) is 72.1 Å². The first-order valence-corrected chi connectivity index (χ1v) is 11.8. The normalized spacial score (nSPS) is 11.8. The highest BCUT2D eigenvalue weighted by atomic mass is 16.3. The second kappa shape index (κ2) is 11.6. The molecule has 1 N–H and O–H groups in total. The van der Waals surface area contributed by atoms with Gasteiger partial charge in [0, 0.05) is 29.6 Å². The van der Waals surface area contributed by atoms with Gasteiger partial charge in [-0.1, -0.05) is 61.1 Å². The molecule has 0 saturated heterocycles. The number of allylic oxidation sites excluding steroid dienone is 2. The molecule has 0 bridgehead atoms. The molecule has 1 heterocycles. The topological polar surface area (TPSA) is 50.2 Å². The fourth-order valence-corrected chi connectivity index (χ4v) is 4.47. The van der Waals surface area contributed by atoms with E-state index in [0.717, 1.165) is 25.0 Å². The number of aromatic nitrogens is 1. The zero-order valence-electron chi connectivity index (χ0n) is 19.7. The van der Waals surface area contributed by atoms with Crippen LogP contribution in [0.3, 0.4) is 0 Å². The van der Waals surface area contributed by atoms with Crippen LogP contribution >= 0.6 is 0 Å². The van der Waals surface area contributed by atoms with Gasteiger partial charge in [0.25, 0.3) is 0 Å². The number of aliphatic hydroxyl groups excluding tert-OH is 1. The minimum atomic E-state index is -0.0900. The summed E-state index contributed by atoms with van der Waals surface area (Å²) >= 11 is 0. The Morgan fingerprint density at radius 3 is 2.31 bits per heavy atom. The number of rotatable bonds is 11. The molecular formula is C29H35NO2. The zero-order chi connectivity index (χ0) is 22.9. The molecule has 3 heteroatoms. The molecule has 32 heavy (non-hydrogen) atoms. The number of hydrogen-bond acceptors (Lipinski definition) is 3. The van der Waals surface area contributed by atoms with E-state index in [1.807, 2.05) is 6.20 Å². The lowest BCUT2D eigenvalue weighted by Gasteiger charge is -2.11. The van der Waals surface area contributed by atoms with Crippen LogP contribution in [0.2, 0.25) is 0 Å². The third-order valence-electron chi connectivity index (χ3n) is 5.89. The molecule has 3 rings (SSSR count). The van der Waals surface area contributed by atoms with Crippen LogP contribution in [0.5, 0.6) is 0 Å². The molecule has 0 aliphatic heterocycles. The summed E-state index contributed by atoms with van der Waals surface area (Å²) in [5.74, 6) is 0.121. The molecular weight excluding hydrogens is 394 g/mol. The van der Waals surface area contributed by atoms with Crippen LogP contribution in [0.1, 0.15) is 68.6 Å². The van der Waals surface area contributed by atoms with Gasteiger partial charge in [0.05, 0.1) is 11.5 Å². The van der Waals surface area contributed by atoms with Crippen LogP contribution in [-0.2, 0) is 11.2 Å². The predicted molar refractivity (Wildman–Crippen MR) is 134 cm³/mol. The molecule has 0 fully saturated rings. The predicted octanol–water partition coefficient (Wildman–Crippen LogP) is 7.82. The summed E-state index contributed by atoms with van der Waals surface area (Å²) in [7, 11) is 0. The quantitative estimate of drug-likeness (QED) is 0.192. The first-order chi connectivity index (χ1) is 15.4. The van der Waals surface area contributed by atoms with E-state index in [0.29, 0.717) is 6.42 Å². The molecule has 168 valence electrons. The number of hydrogen-bond donors (Lipinski definition) is 1. The highest BCUT2D eigenvalue weighted by Crippen LogP contribution is 2.30. The number of unbranched alkanes of at least 4 members (excludes halogenated alkanes) is 5. The van der Waals surface area contributed by atoms with Gasteiger partial charge in [-0.25, -0.2) is 0 Å². The van der Waals surface area contributed by atoms with Gasteiger partial charge in [-0.2, -0.15) is 0 Å². The van der Waals surface area contributed by atoms with Crippen molar-refractivity contribution in [3.8, 4) is 11.3 Å². The number of aryl methyl sites for hydroxylation is 3.